The zero-order chi connectivity index (χ0) is 14.1. The summed E-state index contributed by atoms with van der Waals surface area (Å²) in [5.41, 5.74) is 7.90. The van der Waals surface area contributed by atoms with Crippen LogP contribution in [-0.2, 0) is 6.42 Å². The van der Waals surface area contributed by atoms with Gasteiger partial charge in [0.15, 0.2) is 0 Å². The van der Waals surface area contributed by atoms with Crippen molar-refractivity contribution in [1.82, 2.24) is 4.90 Å². The largest absolute Gasteiger partial charge is 0.366 e. The van der Waals surface area contributed by atoms with Crippen LogP contribution < -0.4 is 10.6 Å². The molecule has 0 radical (unpaired) electrons. The summed E-state index contributed by atoms with van der Waals surface area (Å²) < 4.78 is 13.5. The lowest BCUT2D eigenvalue weighted by atomic mass is 10.0. The molecule has 1 aromatic carbocycles. The van der Waals surface area contributed by atoms with Gasteiger partial charge in [0.2, 0.25) is 0 Å². The Kier molecular flexibility index (Phi) is 3.94. The predicted molar refractivity (Wildman–Crippen MR) is 80.6 cm³/mol. The summed E-state index contributed by atoms with van der Waals surface area (Å²) in [6, 6.07) is 6.30. The van der Waals surface area contributed by atoms with Gasteiger partial charge in [-0.3, -0.25) is 4.90 Å². The van der Waals surface area contributed by atoms with Gasteiger partial charge in [-0.1, -0.05) is 0 Å². The number of halogens is 1. The molecule has 3 nitrogen and oxygen atoms in total. The minimum absolute atomic E-state index is 0.163. The normalized spacial score (nSPS) is 26.9. The van der Waals surface area contributed by atoms with Gasteiger partial charge >= 0.3 is 0 Å². The van der Waals surface area contributed by atoms with Crippen molar-refractivity contribution in [2.75, 3.05) is 31.1 Å². The van der Waals surface area contributed by atoms with Crippen LogP contribution in [0.2, 0.25) is 0 Å². The molecule has 2 heterocycles. The van der Waals surface area contributed by atoms with Crippen LogP contribution in [0.5, 0.6) is 0 Å². The molecular weight excluding hydrogens is 253 g/mol. The number of fused-ring (bicyclic) bond motifs is 1. The summed E-state index contributed by atoms with van der Waals surface area (Å²) in [5, 5.41) is 0. The maximum atomic E-state index is 13.5. The Morgan fingerprint density at radius 1 is 1.35 bits per heavy atom. The second kappa shape index (κ2) is 5.70. The van der Waals surface area contributed by atoms with Gasteiger partial charge in [0.05, 0.1) is 0 Å². The molecule has 2 aliphatic heterocycles. The second-order valence-electron chi connectivity index (χ2n) is 6.10. The first kappa shape index (κ1) is 13.8. The summed E-state index contributed by atoms with van der Waals surface area (Å²) in [5.74, 6) is -0.163. The third kappa shape index (κ3) is 2.54. The Balaban J connectivity index is 1.87. The van der Waals surface area contributed by atoms with Crippen molar-refractivity contribution < 1.29 is 4.39 Å². The quantitative estimate of drug-likeness (QED) is 0.917. The molecule has 3 rings (SSSR count). The van der Waals surface area contributed by atoms with Crippen molar-refractivity contribution in [2.45, 2.75) is 38.3 Å². The van der Waals surface area contributed by atoms with E-state index in [1.54, 1.807) is 12.1 Å². The number of rotatable bonds is 3. The summed E-state index contributed by atoms with van der Waals surface area (Å²) in [6.07, 6.45) is 3.34. The lowest BCUT2D eigenvalue weighted by Crippen LogP contribution is -2.55. The molecule has 2 saturated heterocycles. The smallest absolute Gasteiger partial charge is 0.123 e. The van der Waals surface area contributed by atoms with E-state index in [2.05, 4.69) is 16.7 Å². The van der Waals surface area contributed by atoms with E-state index < -0.39 is 0 Å². The molecule has 2 unspecified atom stereocenters. The molecule has 0 spiro atoms. The highest BCUT2D eigenvalue weighted by Crippen LogP contribution is 2.31. The molecule has 0 bridgehead atoms. The van der Waals surface area contributed by atoms with E-state index in [0.29, 0.717) is 18.6 Å². The number of nitrogens with zero attached hydrogens (tertiary/aromatic N) is 2. The molecule has 2 aliphatic rings. The first-order chi connectivity index (χ1) is 9.69. The highest BCUT2D eigenvalue weighted by atomic mass is 19.1. The van der Waals surface area contributed by atoms with Crippen LogP contribution in [0, 0.1) is 5.82 Å². The van der Waals surface area contributed by atoms with E-state index in [1.807, 2.05) is 6.07 Å². The molecule has 0 aromatic heterocycles. The zero-order valence-corrected chi connectivity index (χ0v) is 12.2. The van der Waals surface area contributed by atoms with Gasteiger partial charge in [0.25, 0.3) is 0 Å². The highest BCUT2D eigenvalue weighted by Gasteiger charge is 2.34. The summed E-state index contributed by atoms with van der Waals surface area (Å²) >= 11 is 0. The SMILES string of the molecule is CC1CN2CCCC2CN1c1ccc(F)cc1CCN. The van der Waals surface area contributed by atoms with Crippen molar-refractivity contribution in [2.24, 2.45) is 5.73 Å². The molecule has 0 saturated carbocycles. The minimum atomic E-state index is -0.163. The molecule has 4 heteroatoms. The Labute approximate surface area is 120 Å². The number of hydrogen-bond donors (Lipinski definition) is 1. The van der Waals surface area contributed by atoms with Crippen LogP contribution >= 0.6 is 0 Å². The fourth-order valence-corrected chi connectivity index (χ4v) is 3.71. The van der Waals surface area contributed by atoms with Crippen molar-refractivity contribution in [3.8, 4) is 0 Å². The van der Waals surface area contributed by atoms with Crippen LogP contribution in [-0.4, -0.2) is 43.2 Å². The molecule has 2 N–H and O–H groups in total. The fourth-order valence-electron chi connectivity index (χ4n) is 3.71. The topological polar surface area (TPSA) is 32.5 Å². The van der Waals surface area contributed by atoms with Crippen LogP contribution in [0.3, 0.4) is 0 Å². The molecule has 2 atom stereocenters. The summed E-state index contributed by atoms with van der Waals surface area (Å²) in [6.45, 7) is 6.24. The third-order valence-corrected chi connectivity index (χ3v) is 4.70. The molecule has 20 heavy (non-hydrogen) atoms. The maximum absolute atomic E-state index is 13.5. The van der Waals surface area contributed by atoms with Crippen LogP contribution in [0.1, 0.15) is 25.3 Å². The Bertz CT molecular complexity index is 477. The summed E-state index contributed by atoms with van der Waals surface area (Å²) in [7, 11) is 0. The Morgan fingerprint density at radius 2 is 2.20 bits per heavy atom. The van der Waals surface area contributed by atoms with Gasteiger partial charge in [0.1, 0.15) is 5.82 Å². The van der Waals surface area contributed by atoms with E-state index in [9.17, 15) is 4.39 Å². The first-order valence-electron chi connectivity index (χ1n) is 7.68. The van der Waals surface area contributed by atoms with Gasteiger partial charge in [-0.2, -0.15) is 0 Å². The average Bonchev–Trinajstić information content (AvgIpc) is 2.86. The van der Waals surface area contributed by atoms with Gasteiger partial charge in [-0.25, -0.2) is 4.39 Å². The fraction of sp³-hybridized carbons (Fsp3) is 0.625. The minimum Gasteiger partial charge on any atom is -0.366 e. The highest BCUT2D eigenvalue weighted by molar-refractivity contribution is 5.55. The van der Waals surface area contributed by atoms with Crippen molar-refractivity contribution in [3.05, 3.63) is 29.6 Å². The molecule has 2 fully saturated rings. The van der Waals surface area contributed by atoms with E-state index in [1.165, 1.54) is 25.1 Å². The molecule has 0 aliphatic carbocycles. The zero-order valence-electron chi connectivity index (χ0n) is 12.2. The number of anilines is 1. The summed E-state index contributed by atoms with van der Waals surface area (Å²) in [4.78, 5) is 5.06. The molecule has 1 aromatic rings. The monoisotopic (exact) mass is 277 g/mol. The van der Waals surface area contributed by atoms with Gasteiger partial charge < -0.3 is 10.6 Å². The Morgan fingerprint density at radius 3 is 3.00 bits per heavy atom. The number of nitrogens with two attached hydrogens (primary N) is 1. The van der Waals surface area contributed by atoms with Gasteiger partial charge in [0, 0.05) is 30.9 Å². The first-order valence-corrected chi connectivity index (χ1v) is 7.68. The van der Waals surface area contributed by atoms with Crippen LogP contribution in [0.15, 0.2) is 18.2 Å². The Hall–Kier alpha value is -1.13. The van der Waals surface area contributed by atoms with Crippen LogP contribution in [0.25, 0.3) is 0 Å². The molecule has 110 valence electrons. The second-order valence-corrected chi connectivity index (χ2v) is 6.10. The standard InChI is InChI=1S/C16H24FN3/c1-12-10-19-8-2-3-15(19)11-20(12)16-5-4-14(17)9-13(16)6-7-18/h4-5,9,12,15H,2-3,6-8,10-11,18H2,1H3. The maximum Gasteiger partial charge on any atom is 0.123 e. The van der Waals surface area contributed by atoms with E-state index in [0.717, 1.165) is 25.1 Å². The van der Waals surface area contributed by atoms with E-state index in [4.69, 9.17) is 5.73 Å². The van der Waals surface area contributed by atoms with Crippen molar-refractivity contribution in [1.29, 1.82) is 0 Å². The molecule has 0 amide bonds. The number of piperazine rings is 1. The van der Waals surface area contributed by atoms with Crippen LogP contribution in [0.4, 0.5) is 10.1 Å². The third-order valence-electron chi connectivity index (χ3n) is 4.70. The van der Waals surface area contributed by atoms with Crippen molar-refractivity contribution in [3.63, 3.8) is 0 Å². The van der Waals surface area contributed by atoms with Gasteiger partial charge in [-0.15, -0.1) is 0 Å². The number of benzene rings is 1. The predicted octanol–water partition coefficient (Wildman–Crippen LogP) is 2.00. The van der Waals surface area contributed by atoms with Gasteiger partial charge in [-0.05, 0) is 63.0 Å². The average molecular weight is 277 g/mol. The lowest BCUT2D eigenvalue weighted by molar-refractivity contribution is 0.203. The number of hydrogen-bond acceptors (Lipinski definition) is 3. The van der Waals surface area contributed by atoms with E-state index >= 15 is 0 Å². The molecular formula is C16H24FN3. The van der Waals surface area contributed by atoms with E-state index in [-0.39, 0.29) is 5.82 Å². The lowest BCUT2D eigenvalue weighted by Gasteiger charge is -2.44. The van der Waals surface area contributed by atoms with Crippen molar-refractivity contribution >= 4 is 5.69 Å².